The van der Waals surface area contributed by atoms with Gasteiger partial charge in [0.05, 0.1) is 13.7 Å². The Hall–Kier alpha value is -1.83. The van der Waals surface area contributed by atoms with Crippen molar-refractivity contribution in [1.82, 2.24) is 10.6 Å². The first kappa shape index (κ1) is 21.2. The van der Waals surface area contributed by atoms with E-state index in [1.54, 1.807) is 27.7 Å². The predicted octanol–water partition coefficient (Wildman–Crippen LogP) is 0.576. The van der Waals surface area contributed by atoms with E-state index in [0.29, 0.717) is 6.42 Å². The van der Waals surface area contributed by atoms with Crippen LogP contribution in [0.2, 0.25) is 0 Å². The highest BCUT2D eigenvalue weighted by Gasteiger charge is 2.31. The van der Waals surface area contributed by atoms with Gasteiger partial charge in [0, 0.05) is 0 Å². The minimum Gasteiger partial charge on any atom is -0.467 e. The maximum atomic E-state index is 12.3. The van der Waals surface area contributed by atoms with E-state index >= 15 is 0 Å². The molecule has 0 saturated carbocycles. The molecule has 2 amide bonds. The molecular formula is C15H28N2O6. The van der Waals surface area contributed by atoms with Crippen molar-refractivity contribution in [1.29, 1.82) is 0 Å². The highest BCUT2D eigenvalue weighted by molar-refractivity contribution is 5.89. The molecule has 0 saturated heterocycles. The number of hydrogen-bond donors (Lipinski definition) is 3. The summed E-state index contributed by atoms with van der Waals surface area (Å²) >= 11 is 0. The van der Waals surface area contributed by atoms with Gasteiger partial charge in [-0.05, 0) is 26.7 Å². The smallest absolute Gasteiger partial charge is 0.408 e. The van der Waals surface area contributed by atoms with Crippen LogP contribution in [0.4, 0.5) is 4.79 Å². The van der Waals surface area contributed by atoms with E-state index < -0.39 is 42.3 Å². The Kier molecular flexibility index (Phi) is 8.60. The van der Waals surface area contributed by atoms with E-state index in [9.17, 15) is 14.4 Å². The zero-order valence-corrected chi connectivity index (χ0v) is 14.6. The molecule has 0 bridgehead atoms. The van der Waals surface area contributed by atoms with Gasteiger partial charge < -0.3 is 25.2 Å². The fraction of sp³-hybridized carbons (Fsp3) is 0.800. The highest BCUT2D eigenvalue weighted by atomic mass is 16.6. The molecule has 0 radical (unpaired) electrons. The van der Waals surface area contributed by atoms with E-state index in [4.69, 9.17) is 9.84 Å². The number of aliphatic hydroxyl groups is 1. The van der Waals surface area contributed by atoms with Crippen molar-refractivity contribution in [2.45, 2.75) is 58.7 Å². The number of rotatable bonds is 7. The molecule has 0 aliphatic carbocycles. The molecule has 0 aliphatic heterocycles. The van der Waals surface area contributed by atoms with Gasteiger partial charge in [0.25, 0.3) is 0 Å². The van der Waals surface area contributed by atoms with Gasteiger partial charge in [-0.2, -0.15) is 0 Å². The first-order chi connectivity index (χ1) is 10.6. The van der Waals surface area contributed by atoms with E-state index in [0.717, 1.165) is 7.11 Å². The summed E-state index contributed by atoms with van der Waals surface area (Å²) in [6.07, 6.45) is -0.104. The molecule has 0 fully saturated rings. The van der Waals surface area contributed by atoms with Crippen LogP contribution in [0, 0.1) is 5.92 Å². The monoisotopic (exact) mass is 332 g/mol. The van der Waals surface area contributed by atoms with Crippen LogP contribution in [0.5, 0.6) is 0 Å². The molecule has 8 heteroatoms. The lowest BCUT2D eigenvalue weighted by Gasteiger charge is -2.27. The normalized spacial score (nSPS) is 15.1. The summed E-state index contributed by atoms with van der Waals surface area (Å²) in [7, 11) is 1.16. The van der Waals surface area contributed by atoms with Crippen molar-refractivity contribution < 1.29 is 29.0 Å². The second kappa shape index (κ2) is 9.34. The number of ether oxygens (including phenoxy) is 2. The zero-order chi connectivity index (χ0) is 18.2. The number of hydrogen-bond acceptors (Lipinski definition) is 6. The summed E-state index contributed by atoms with van der Waals surface area (Å²) in [6, 6.07) is -2.08. The molecule has 0 spiro atoms. The Balaban J connectivity index is 4.99. The molecule has 8 nitrogen and oxygen atoms in total. The van der Waals surface area contributed by atoms with Gasteiger partial charge in [0.1, 0.15) is 11.6 Å². The van der Waals surface area contributed by atoms with E-state index in [-0.39, 0.29) is 5.92 Å². The summed E-state index contributed by atoms with van der Waals surface area (Å²) in [5.41, 5.74) is -0.694. The highest BCUT2D eigenvalue weighted by Crippen LogP contribution is 2.11. The fourth-order valence-corrected chi connectivity index (χ4v) is 1.72. The summed E-state index contributed by atoms with van der Waals surface area (Å²) < 4.78 is 9.63. The van der Waals surface area contributed by atoms with Crippen LogP contribution in [-0.2, 0) is 19.1 Å². The van der Waals surface area contributed by atoms with Crippen LogP contribution in [-0.4, -0.2) is 54.5 Å². The molecular weight excluding hydrogens is 304 g/mol. The molecule has 1 unspecified atom stereocenters. The van der Waals surface area contributed by atoms with Gasteiger partial charge in [-0.3, -0.25) is 4.79 Å². The average molecular weight is 332 g/mol. The van der Waals surface area contributed by atoms with Gasteiger partial charge in [-0.25, -0.2) is 9.59 Å². The van der Waals surface area contributed by atoms with Crippen molar-refractivity contribution in [3.63, 3.8) is 0 Å². The first-order valence-electron chi connectivity index (χ1n) is 7.54. The maximum absolute atomic E-state index is 12.3. The van der Waals surface area contributed by atoms with E-state index in [1.807, 2.05) is 6.92 Å². The van der Waals surface area contributed by atoms with Crippen LogP contribution in [0.1, 0.15) is 41.0 Å². The quantitative estimate of drug-likeness (QED) is 0.588. The van der Waals surface area contributed by atoms with Gasteiger partial charge in [0.2, 0.25) is 5.91 Å². The Morgan fingerprint density at radius 3 is 2.13 bits per heavy atom. The number of esters is 1. The van der Waals surface area contributed by atoms with Crippen molar-refractivity contribution in [2.75, 3.05) is 13.7 Å². The number of methoxy groups -OCH3 is 1. The standard InChI is InChI=1S/C15H28N2O6/c1-7-9(2)11(17-14(21)23-15(3,4)5)12(19)16-10(8-18)13(20)22-6/h9-11,18H,7-8H2,1-6H3,(H,16,19)(H,17,21)/t9-,10?,11-/m0/s1. The van der Waals surface area contributed by atoms with Crippen molar-refractivity contribution >= 4 is 18.0 Å². The third-order valence-corrected chi connectivity index (χ3v) is 3.15. The van der Waals surface area contributed by atoms with Crippen molar-refractivity contribution in [2.24, 2.45) is 5.92 Å². The van der Waals surface area contributed by atoms with Gasteiger partial charge in [-0.15, -0.1) is 0 Å². The molecule has 0 heterocycles. The molecule has 0 rings (SSSR count). The average Bonchev–Trinajstić information content (AvgIpc) is 2.46. The predicted molar refractivity (Wildman–Crippen MR) is 83.6 cm³/mol. The molecule has 3 atom stereocenters. The van der Waals surface area contributed by atoms with Crippen molar-refractivity contribution in [3.8, 4) is 0 Å². The number of nitrogens with one attached hydrogen (secondary N) is 2. The lowest BCUT2D eigenvalue weighted by Crippen LogP contribution is -2.55. The number of carbonyl (C=O) groups is 3. The number of amides is 2. The molecule has 0 aromatic rings. The lowest BCUT2D eigenvalue weighted by molar-refractivity contribution is -0.146. The Bertz CT molecular complexity index is 419. The first-order valence-corrected chi connectivity index (χ1v) is 7.54. The summed E-state index contributed by atoms with van der Waals surface area (Å²) in [5.74, 6) is -1.55. The van der Waals surface area contributed by atoms with E-state index in [1.165, 1.54) is 0 Å². The molecule has 134 valence electrons. The minimum atomic E-state index is -1.18. The molecule has 23 heavy (non-hydrogen) atoms. The number of carbonyl (C=O) groups excluding carboxylic acids is 3. The topological polar surface area (TPSA) is 114 Å². The maximum Gasteiger partial charge on any atom is 0.408 e. The summed E-state index contributed by atoms with van der Waals surface area (Å²) in [4.78, 5) is 35.7. The Morgan fingerprint density at radius 1 is 1.17 bits per heavy atom. The van der Waals surface area contributed by atoms with Crippen LogP contribution >= 0.6 is 0 Å². The van der Waals surface area contributed by atoms with Gasteiger partial charge >= 0.3 is 12.1 Å². The van der Waals surface area contributed by atoms with Crippen LogP contribution < -0.4 is 10.6 Å². The van der Waals surface area contributed by atoms with Gasteiger partial charge in [0.15, 0.2) is 6.04 Å². The summed E-state index contributed by atoms with van der Waals surface area (Å²) in [6.45, 7) is 8.19. The van der Waals surface area contributed by atoms with Gasteiger partial charge in [-0.1, -0.05) is 20.3 Å². The van der Waals surface area contributed by atoms with Crippen LogP contribution in [0.15, 0.2) is 0 Å². The Labute approximate surface area is 136 Å². The SMILES string of the molecule is CC[C@H](C)[C@H](NC(=O)OC(C)(C)C)C(=O)NC(CO)C(=O)OC. The third kappa shape index (κ3) is 7.83. The van der Waals surface area contributed by atoms with Crippen LogP contribution in [0.3, 0.4) is 0 Å². The van der Waals surface area contributed by atoms with Crippen molar-refractivity contribution in [3.05, 3.63) is 0 Å². The number of aliphatic hydroxyl groups excluding tert-OH is 1. The molecule has 0 aliphatic rings. The second-order valence-electron chi connectivity index (χ2n) is 6.28. The summed E-state index contributed by atoms with van der Waals surface area (Å²) in [5, 5.41) is 14.0. The molecule has 3 N–H and O–H groups in total. The fourth-order valence-electron chi connectivity index (χ4n) is 1.72. The molecule has 0 aromatic heterocycles. The molecule has 0 aromatic carbocycles. The van der Waals surface area contributed by atoms with E-state index in [2.05, 4.69) is 15.4 Å². The third-order valence-electron chi connectivity index (χ3n) is 3.15. The van der Waals surface area contributed by atoms with Crippen LogP contribution in [0.25, 0.3) is 0 Å². The second-order valence-corrected chi connectivity index (χ2v) is 6.28. The number of alkyl carbamates (subject to hydrolysis) is 1. The Morgan fingerprint density at radius 2 is 1.74 bits per heavy atom. The lowest BCUT2D eigenvalue weighted by atomic mass is 9.98. The largest absolute Gasteiger partial charge is 0.467 e. The minimum absolute atomic E-state index is 0.195. The zero-order valence-electron chi connectivity index (χ0n) is 14.6.